The first kappa shape index (κ1) is 33.4. The van der Waals surface area contributed by atoms with Gasteiger partial charge in [-0.25, -0.2) is 8.78 Å². The van der Waals surface area contributed by atoms with Gasteiger partial charge < -0.3 is 16.0 Å². The van der Waals surface area contributed by atoms with Crippen molar-refractivity contribution in [3.63, 3.8) is 0 Å². The van der Waals surface area contributed by atoms with Crippen molar-refractivity contribution in [1.29, 1.82) is 5.26 Å². The second-order valence-electron chi connectivity index (χ2n) is 13.0. The van der Waals surface area contributed by atoms with E-state index >= 15 is 8.78 Å². The minimum atomic E-state index is -1.73. The summed E-state index contributed by atoms with van der Waals surface area (Å²) in [5, 5.41) is 19.8. The van der Waals surface area contributed by atoms with Crippen molar-refractivity contribution < 1.29 is 18.4 Å². The van der Waals surface area contributed by atoms with E-state index in [4.69, 9.17) is 23.2 Å². The van der Waals surface area contributed by atoms with Crippen LogP contribution in [0.3, 0.4) is 0 Å². The maximum Gasteiger partial charge on any atom is 0.242 e. The van der Waals surface area contributed by atoms with Gasteiger partial charge >= 0.3 is 0 Å². The van der Waals surface area contributed by atoms with E-state index in [2.05, 4.69) is 22.0 Å². The Hall–Kier alpha value is -3.51. The van der Waals surface area contributed by atoms with Crippen molar-refractivity contribution in [2.24, 2.45) is 5.41 Å². The van der Waals surface area contributed by atoms with Crippen LogP contribution in [-0.4, -0.2) is 30.9 Å². The summed E-state index contributed by atoms with van der Waals surface area (Å²) >= 11 is 12.3. The molecule has 4 atom stereocenters. The molecule has 0 radical (unpaired) electrons. The lowest BCUT2D eigenvalue weighted by Crippen LogP contribution is -2.45. The average Bonchev–Trinajstić information content (AvgIpc) is 3.27. The molecule has 1 fully saturated rings. The van der Waals surface area contributed by atoms with Crippen LogP contribution in [0.4, 0.5) is 14.5 Å². The molecule has 0 saturated carbocycles. The van der Waals surface area contributed by atoms with Crippen molar-refractivity contribution in [3.8, 4) is 6.07 Å². The first-order chi connectivity index (χ1) is 20.6. The van der Waals surface area contributed by atoms with E-state index in [1.54, 1.807) is 51.2 Å². The fraction of sp³-hybridized carbons (Fsp3) is 0.382. The summed E-state index contributed by atoms with van der Waals surface area (Å²) in [6, 6.07) is 15.7. The van der Waals surface area contributed by atoms with Crippen molar-refractivity contribution >= 4 is 40.7 Å². The zero-order valence-electron chi connectivity index (χ0n) is 25.5. The quantitative estimate of drug-likeness (QED) is 0.253. The van der Waals surface area contributed by atoms with E-state index < -0.39 is 46.4 Å². The molecule has 1 aliphatic rings. The summed E-state index contributed by atoms with van der Waals surface area (Å²) in [6.07, 6.45) is 0.356. The van der Waals surface area contributed by atoms with Crippen LogP contribution in [0.15, 0.2) is 60.7 Å². The van der Waals surface area contributed by atoms with Crippen molar-refractivity contribution in [2.45, 2.75) is 69.9 Å². The van der Waals surface area contributed by atoms with E-state index in [1.165, 1.54) is 24.3 Å². The Balaban J connectivity index is 1.86. The van der Waals surface area contributed by atoms with Gasteiger partial charge in [0.25, 0.3) is 0 Å². The molecule has 3 aromatic carbocycles. The fourth-order valence-electron chi connectivity index (χ4n) is 6.19. The Morgan fingerprint density at radius 3 is 2.25 bits per heavy atom. The average molecular weight is 642 g/mol. The number of anilines is 1. The molecule has 3 N–H and O–H groups in total. The van der Waals surface area contributed by atoms with Gasteiger partial charge in [-0.05, 0) is 67.1 Å². The Morgan fingerprint density at radius 1 is 1.02 bits per heavy atom. The van der Waals surface area contributed by atoms with Crippen LogP contribution in [0.5, 0.6) is 0 Å². The Bertz CT molecular complexity index is 1610. The van der Waals surface area contributed by atoms with E-state index in [9.17, 15) is 14.9 Å². The SMILES string of the molecule is CNC(=O)C(C)(C)c1ccc(NC(=O)[C@H]2N[C@H](CC(C)(C)C)C(C#N)(c3ccc(Cl)cc3F)[C@@H]2c2cccc(Cl)c2F)cc1. The number of amides is 2. The second-order valence-corrected chi connectivity index (χ2v) is 13.8. The van der Waals surface area contributed by atoms with Crippen LogP contribution in [0.25, 0.3) is 0 Å². The molecule has 1 unspecified atom stereocenters. The standard InChI is InChI=1S/C34H36Cl2F2N4O2/c1-32(2,3)17-26-34(18-39,23-15-12-20(35)16-25(23)37)27(22-8-7-9-24(36)28(22)38)29(42-26)30(43)41-21-13-10-19(11-14-21)33(4,5)31(44)40-6/h7-16,26-27,29,42H,17H2,1-6H3,(H,40,44)(H,41,43)/t26-,27-,29+,34?/m1/s1. The molecule has 0 aromatic heterocycles. The normalized spacial score (nSPS) is 21.9. The lowest BCUT2D eigenvalue weighted by atomic mass is 9.62. The third kappa shape index (κ3) is 6.19. The van der Waals surface area contributed by atoms with Gasteiger partial charge in [0.05, 0.1) is 22.5 Å². The highest BCUT2D eigenvalue weighted by Crippen LogP contribution is 2.53. The third-order valence-electron chi connectivity index (χ3n) is 8.40. The van der Waals surface area contributed by atoms with Crippen LogP contribution in [-0.2, 0) is 20.4 Å². The molecule has 4 rings (SSSR count). The van der Waals surface area contributed by atoms with Gasteiger partial charge in [-0.3, -0.25) is 9.59 Å². The Kier molecular flexibility index (Phi) is 9.46. The zero-order chi connectivity index (χ0) is 32.6. The molecular weight excluding hydrogens is 605 g/mol. The molecule has 2 amide bonds. The second kappa shape index (κ2) is 12.5. The summed E-state index contributed by atoms with van der Waals surface area (Å²) in [4.78, 5) is 26.5. The van der Waals surface area contributed by atoms with Crippen LogP contribution in [0.1, 0.15) is 63.6 Å². The highest BCUT2D eigenvalue weighted by molar-refractivity contribution is 6.31. The molecule has 1 heterocycles. The van der Waals surface area contributed by atoms with E-state index in [1.807, 2.05) is 20.8 Å². The number of nitrogens with zero attached hydrogens (tertiary/aromatic N) is 1. The van der Waals surface area contributed by atoms with Crippen molar-refractivity contribution in [1.82, 2.24) is 10.6 Å². The number of carbonyl (C=O) groups is 2. The molecule has 232 valence electrons. The van der Waals surface area contributed by atoms with E-state index in [-0.39, 0.29) is 32.5 Å². The van der Waals surface area contributed by atoms with Crippen molar-refractivity contribution in [2.75, 3.05) is 12.4 Å². The van der Waals surface area contributed by atoms with Gasteiger partial charge in [-0.2, -0.15) is 5.26 Å². The molecule has 0 bridgehead atoms. The highest BCUT2D eigenvalue weighted by atomic mass is 35.5. The van der Waals surface area contributed by atoms with Gasteiger partial charge in [0, 0.05) is 35.3 Å². The zero-order valence-corrected chi connectivity index (χ0v) is 27.0. The van der Waals surface area contributed by atoms with E-state index in [0.29, 0.717) is 12.1 Å². The summed E-state index contributed by atoms with van der Waals surface area (Å²) in [6.45, 7) is 9.50. The Labute approximate surface area is 267 Å². The monoisotopic (exact) mass is 640 g/mol. The Morgan fingerprint density at radius 2 is 1.68 bits per heavy atom. The predicted molar refractivity (Wildman–Crippen MR) is 170 cm³/mol. The number of rotatable bonds is 7. The predicted octanol–water partition coefficient (Wildman–Crippen LogP) is 7.26. The smallest absolute Gasteiger partial charge is 0.242 e. The topological polar surface area (TPSA) is 94.0 Å². The number of hydrogen-bond donors (Lipinski definition) is 3. The van der Waals surface area contributed by atoms with Gasteiger partial charge in [-0.15, -0.1) is 0 Å². The van der Waals surface area contributed by atoms with Gasteiger partial charge in [0.15, 0.2) is 0 Å². The van der Waals surface area contributed by atoms with Crippen LogP contribution in [0, 0.1) is 28.4 Å². The summed E-state index contributed by atoms with van der Waals surface area (Å²) in [5.74, 6) is -3.41. The third-order valence-corrected chi connectivity index (χ3v) is 8.93. The molecule has 44 heavy (non-hydrogen) atoms. The molecule has 1 saturated heterocycles. The summed E-state index contributed by atoms with van der Waals surface area (Å²) < 4.78 is 31.6. The molecular formula is C34H36Cl2F2N4O2. The minimum absolute atomic E-state index is 0.00612. The van der Waals surface area contributed by atoms with E-state index in [0.717, 1.165) is 11.6 Å². The van der Waals surface area contributed by atoms with Gasteiger partial charge in [0.2, 0.25) is 11.8 Å². The molecule has 6 nitrogen and oxygen atoms in total. The first-order valence-corrected chi connectivity index (χ1v) is 15.0. The molecule has 0 aliphatic carbocycles. The molecule has 1 aliphatic heterocycles. The summed E-state index contributed by atoms with van der Waals surface area (Å²) in [7, 11) is 1.57. The minimum Gasteiger partial charge on any atom is -0.358 e. The number of likely N-dealkylation sites (N-methyl/N-ethyl adjacent to an activating group) is 1. The number of carbonyl (C=O) groups excluding carboxylic acids is 2. The van der Waals surface area contributed by atoms with Crippen LogP contribution < -0.4 is 16.0 Å². The van der Waals surface area contributed by atoms with Gasteiger partial charge in [-0.1, -0.05) is 74.3 Å². The van der Waals surface area contributed by atoms with Crippen LogP contribution >= 0.6 is 23.2 Å². The number of halogens is 4. The van der Waals surface area contributed by atoms with Crippen molar-refractivity contribution in [3.05, 3.63) is 99.0 Å². The lowest BCUT2D eigenvalue weighted by molar-refractivity contribution is -0.125. The molecule has 3 aromatic rings. The fourth-order valence-corrected chi connectivity index (χ4v) is 6.53. The number of benzene rings is 3. The molecule has 10 heteroatoms. The largest absolute Gasteiger partial charge is 0.358 e. The van der Waals surface area contributed by atoms with Gasteiger partial charge in [0.1, 0.15) is 17.0 Å². The lowest BCUT2D eigenvalue weighted by Gasteiger charge is -2.37. The first-order valence-electron chi connectivity index (χ1n) is 14.3. The maximum absolute atomic E-state index is 15.8. The number of nitrogens with one attached hydrogen (secondary N) is 3. The maximum atomic E-state index is 15.8. The number of hydrogen-bond acceptors (Lipinski definition) is 4. The molecule has 0 spiro atoms. The number of nitriles is 1. The highest BCUT2D eigenvalue weighted by Gasteiger charge is 2.61. The van der Waals surface area contributed by atoms with Crippen LogP contribution in [0.2, 0.25) is 10.0 Å². The summed E-state index contributed by atoms with van der Waals surface area (Å²) in [5.41, 5.74) is -1.71.